The highest BCUT2D eigenvalue weighted by Gasteiger charge is 2.39. The molecule has 1 aromatic heterocycles. The second-order valence-corrected chi connectivity index (χ2v) is 5.02. The Labute approximate surface area is 109 Å². The smallest absolute Gasteiger partial charge is 0.245 e. The summed E-state index contributed by atoms with van der Waals surface area (Å²) in [6, 6.07) is 0. The van der Waals surface area contributed by atoms with Crippen molar-refractivity contribution in [1.29, 1.82) is 0 Å². The highest BCUT2D eigenvalue weighted by molar-refractivity contribution is 6.33. The minimum atomic E-state index is -0.709. The molecule has 1 fully saturated rings. The van der Waals surface area contributed by atoms with Gasteiger partial charge in [-0.25, -0.2) is 4.98 Å². The molecule has 5 nitrogen and oxygen atoms in total. The molecule has 1 aromatic rings. The average molecular weight is 275 g/mol. The van der Waals surface area contributed by atoms with E-state index in [4.69, 9.17) is 23.2 Å². The molecule has 92 valence electrons. The zero-order valence-corrected chi connectivity index (χ0v) is 11.0. The van der Waals surface area contributed by atoms with E-state index >= 15 is 0 Å². The van der Waals surface area contributed by atoms with Gasteiger partial charge in [0.05, 0.1) is 6.20 Å². The predicted octanol–water partition coefficient (Wildman–Crippen LogP) is 1.50. The zero-order valence-electron chi connectivity index (χ0n) is 9.50. The van der Waals surface area contributed by atoms with E-state index in [-0.39, 0.29) is 11.2 Å². The summed E-state index contributed by atoms with van der Waals surface area (Å²) in [6.45, 7) is 4.81. The first-order valence-corrected chi connectivity index (χ1v) is 5.92. The van der Waals surface area contributed by atoms with Crippen molar-refractivity contribution in [2.24, 2.45) is 0 Å². The van der Waals surface area contributed by atoms with Crippen molar-refractivity contribution >= 4 is 34.9 Å². The topological polar surface area (TPSA) is 58.1 Å². The lowest BCUT2D eigenvalue weighted by Crippen LogP contribution is -2.62. The summed E-state index contributed by atoms with van der Waals surface area (Å²) in [5, 5.41) is 3.31. The molecule has 0 spiro atoms. The number of aromatic nitrogens is 2. The van der Waals surface area contributed by atoms with Crippen molar-refractivity contribution in [3.8, 4) is 0 Å². The molecular weight excluding hydrogens is 263 g/mol. The molecule has 1 saturated heterocycles. The molecule has 17 heavy (non-hydrogen) atoms. The van der Waals surface area contributed by atoms with Crippen molar-refractivity contribution in [3.63, 3.8) is 0 Å². The van der Waals surface area contributed by atoms with Gasteiger partial charge in [0.1, 0.15) is 10.6 Å². The monoisotopic (exact) mass is 274 g/mol. The Kier molecular flexibility index (Phi) is 3.14. The number of halogens is 2. The van der Waals surface area contributed by atoms with E-state index in [2.05, 4.69) is 15.3 Å². The molecule has 1 amide bonds. The van der Waals surface area contributed by atoms with Crippen LogP contribution in [-0.2, 0) is 4.79 Å². The maximum absolute atomic E-state index is 11.8. The minimum Gasteiger partial charge on any atom is -0.352 e. The lowest BCUT2D eigenvalue weighted by Gasteiger charge is -2.42. The Morgan fingerprint density at radius 1 is 1.47 bits per heavy atom. The van der Waals surface area contributed by atoms with E-state index in [1.807, 2.05) is 18.7 Å². The average Bonchev–Trinajstić information content (AvgIpc) is 2.26. The number of nitrogens with one attached hydrogen (secondary N) is 1. The van der Waals surface area contributed by atoms with Crippen molar-refractivity contribution in [2.45, 2.75) is 19.4 Å². The van der Waals surface area contributed by atoms with E-state index in [0.717, 1.165) is 0 Å². The molecule has 7 heteroatoms. The summed E-state index contributed by atoms with van der Waals surface area (Å²) in [7, 11) is 0. The number of rotatable bonds is 1. The Hall–Kier alpha value is -1.07. The van der Waals surface area contributed by atoms with Crippen LogP contribution in [0, 0.1) is 0 Å². The normalized spacial score (nSPS) is 19.1. The number of carbonyl (C=O) groups is 1. The van der Waals surface area contributed by atoms with Crippen LogP contribution in [0.4, 0.5) is 5.82 Å². The fourth-order valence-corrected chi connectivity index (χ4v) is 2.12. The first kappa shape index (κ1) is 12.4. The highest BCUT2D eigenvalue weighted by atomic mass is 35.5. The molecule has 1 N–H and O–H groups in total. The van der Waals surface area contributed by atoms with Gasteiger partial charge in [-0.1, -0.05) is 11.6 Å². The summed E-state index contributed by atoms with van der Waals surface area (Å²) < 4.78 is 0. The quantitative estimate of drug-likeness (QED) is 0.789. The van der Waals surface area contributed by atoms with Crippen LogP contribution < -0.4 is 10.2 Å². The van der Waals surface area contributed by atoms with E-state index in [1.54, 1.807) is 0 Å². The van der Waals surface area contributed by atoms with E-state index in [0.29, 0.717) is 23.9 Å². The molecule has 0 bridgehead atoms. The SMILES string of the molecule is CC1(C)C(=O)NCCN1c1nc(Cl)ncc1Cl. The van der Waals surface area contributed by atoms with Crippen LogP contribution in [0.25, 0.3) is 0 Å². The fourth-order valence-electron chi connectivity index (χ4n) is 1.80. The standard InChI is InChI=1S/C10H12Cl2N4O/c1-10(2)8(17)13-3-4-16(10)7-6(11)5-14-9(12)15-7/h5H,3-4H2,1-2H3,(H,13,17). The summed E-state index contributed by atoms with van der Waals surface area (Å²) in [4.78, 5) is 21.5. The highest BCUT2D eigenvalue weighted by Crippen LogP contribution is 2.30. The van der Waals surface area contributed by atoms with Crippen molar-refractivity contribution in [3.05, 3.63) is 16.5 Å². The number of piperazine rings is 1. The van der Waals surface area contributed by atoms with Crippen molar-refractivity contribution in [1.82, 2.24) is 15.3 Å². The maximum atomic E-state index is 11.8. The number of amides is 1. The Bertz CT molecular complexity index is 464. The number of hydrogen-bond donors (Lipinski definition) is 1. The summed E-state index contributed by atoms with van der Waals surface area (Å²) in [5.74, 6) is 0.432. The summed E-state index contributed by atoms with van der Waals surface area (Å²) in [5.41, 5.74) is -0.709. The zero-order chi connectivity index (χ0) is 12.6. The number of anilines is 1. The third-order valence-electron chi connectivity index (χ3n) is 2.80. The Balaban J connectivity index is 2.44. The van der Waals surface area contributed by atoms with Crippen molar-refractivity contribution in [2.75, 3.05) is 18.0 Å². The lowest BCUT2D eigenvalue weighted by atomic mass is 9.99. The first-order valence-electron chi connectivity index (χ1n) is 5.17. The number of hydrogen-bond acceptors (Lipinski definition) is 4. The number of nitrogens with zero attached hydrogens (tertiary/aromatic N) is 3. The summed E-state index contributed by atoms with van der Waals surface area (Å²) >= 11 is 11.8. The van der Waals surface area contributed by atoms with Gasteiger partial charge >= 0.3 is 0 Å². The molecule has 1 aliphatic rings. The third kappa shape index (κ3) is 2.17. The summed E-state index contributed by atoms with van der Waals surface area (Å²) in [6.07, 6.45) is 1.44. The van der Waals surface area contributed by atoms with Gasteiger partial charge in [-0.15, -0.1) is 0 Å². The molecule has 0 radical (unpaired) electrons. The van der Waals surface area contributed by atoms with Gasteiger partial charge in [0.15, 0.2) is 5.82 Å². The van der Waals surface area contributed by atoms with Gasteiger partial charge in [-0.2, -0.15) is 4.98 Å². The fraction of sp³-hybridized carbons (Fsp3) is 0.500. The van der Waals surface area contributed by atoms with Crippen LogP contribution in [0.2, 0.25) is 10.3 Å². The van der Waals surface area contributed by atoms with E-state index < -0.39 is 5.54 Å². The van der Waals surface area contributed by atoms with E-state index in [9.17, 15) is 4.79 Å². The third-order valence-corrected chi connectivity index (χ3v) is 3.25. The number of carbonyl (C=O) groups excluding carboxylic acids is 1. The van der Waals surface area contributed by atoms with Crippen LogP contribution in [-0.4, -0.2) is 34.5 Å². The minimum absolute atomic E-state index is 0.0606. The Morgan fingerprint density at radius 2 is 2.18 bits per heavy atom. The van der Waals surface area contributed by atoms with Crippen LogP contribution in [0.3, 0.4) is 0 Å². The van der Waals surface area contributed by atoms with Gasteiger partial charge < -0.3 is 10.2 Å². The lowest BCUT2D eigenvalue weighted by molar-refractivity contribution is -0.126. The van der Waals surface area contributed by atoms with Crippen LogP contribution in [0.5, 0.6) is 0 Å². The maximum Gasteiger partial charge on any atom is 0.245 e. The van der Waals surface area contributed by atoms with Gasteiger partial charge in [0.25, 0.3) is 0 Å². The second-order valence-electron chi connectivity index (χ2n) is 4.28. The van der Waals surface area contributed by atoms with Gasteiger partial charge in [-0.3, -0.25) is 4.79 Å². The molecule has 0 atom stereocenters. The van der Waals surface area contributed by atoms with Crippen molar-refractivity contribution < 1.29 is 4.79 Å². The Morgan fingerprint density at radius 3 is 2.88 bits per heavy atom. The molecule has 0 aromatic carbocycles. The molecule has 2 rings (SSSR count). The van der Waals surface area contributed by atoms with Gasteiger partial charge in [0, 0.05) is 13.1 Å². The first-order chi connectivity index (χ1) is 7.93. The largest absolute Gasteiger partial charge is 0.352 e. The molecule has 0 saturated carbocycles. The molecule has 1 aliphatic heterocycles. The van der Waals surface area contributed by atoms with Crippen LogP contribution >= 0.6 is 23.2 Å². The van der Waals surface area contributed by atoms with Gasteiger partial charge in [-0.05, 0) is 25.4 Å². The molecular formula is C10H12Cl2N4O. The van der Waals surface area contributed by atoms with Crippen LogP contribution in [0.15, 0.2) is 6.20 Å². The second kappa shape index (κ2) is 4.31. The predicted molar refractivity (Wildman–Crippen MR) is 66.5 cm³/mol. The van der Waals surface area contributed by atoms with Crippen LogP contribution in [0.1, 0.15) is 13.8 Å². The molecule has 2 heterocycles. The molecule has 0 unspecified atom stereocenters. The van der Waals surface area contributed by atoms with Gasteiger partial charge in [0.2, 0.25) is 11.2 Å². The van der Waals surface area contributed by atoms with E-state index in [1.165, 1.54) is 6.20 Å². The molecule has 0 aliphatic carbocycles.